The van der Waals surface area contributed by atoms with Gasteiger partial charge in [-0.3, -0.25) is 0 Å². The second-order valence-electron chi connectivity index (χ2n) is 5.28. The molecule has 19 heavy (non-hydrogen) atoms. The van der Waals surface area contributed by atoms with Gasteiger partial charge in [0.15, 0.2) is 0 Å². The Morgan fingerprint density at radius 1 is 1.47 bits per heavy atom. The number of hydrogen-bond acceptors (Lipinski definition) is 4. The lowest BCUT2D eigenvalue weighted by atomic mass is 9.86. The first-order chi connectivity index (χ1) is 9.08. The molecule has 4 nitrogen and oxygen atoms in total. The monoisotopic (exact) mass is 329 g/mol. The first-order valence-electron chi connectivity index (χ1n) is 6.28. The standard InChI is InChI=1S/C14H20BrNO3/c1-16(7-14(8-17)9-19-10-14)6-11-5-12(15)3-4-13(11)18-2/h3-5,17H,6-10H2,1-2H3. The van der Waals surface area contributed by atoms with Crippen LogP contribution < -0.4 is 4.74 Å². The Bertz CT molecular complexity index is 429. The van der Waals surface area contributed by atoms with Crippen molar-refractivity contribution in [3.05, 3.63) is 28.2 Å². The number of hydrogen-bond donors (Lipinski definition) is 1. The van der Waals surface area contributed by atoms with Crippen LogP contribution >= 0.6 is 15.9 Å². The number of ether oxygens (including phenoxy) is 2. The van der Waals surface area contributed by atoms with Crippen LogP contribution in [-0.4, -0.2) is 50.5 Å². The van der Waals surface area contributed by atoms with E-state index in [9.17, 15) is 5.11 Å². The van der Waals surface area contributed by atoms with Gasteiger partial charge in [-0.15, -0.1) is 0 Å². The molecule has 2 rings (SSSR count). The molecule has 0 aliphatic carbocycles. The average molecular weight is 330 g/mol. The molecule has 0 saturated carbocycles. The molecule has 1 aliphatic rings. The van der Waals surface area contributed by atoms with E-state index in [1.54, 1.807) is 7.11 Å². The number of aliphatic hydroxyl groups is 1. The fourth-order valence-electron chi connectivity index (χ4n) is 2.41. The van der Waals surface area contributed by atoms with Gasteiger partial charge in [0.05, 0.1) is 32.3 Å². The zero-order chi connectivity index (χ0) is 13.9. The largest absolute Gasteiger partial charge is 0.496 e. The summed E-state index contributed by atoms with van der Waals surface area (Å²) in [6, 6.07) is 6.00. The third kappa shape index (κ3) is 3.48. The molecular formula is C14H20BrNO3. The second-order valence-corrected chi connectivity index (χ2v) is 6.20. The quantitative estimate of drug-likeness (QED) is 0.865. The summed E-state index contributed by atoms with van der Waals surface area (Å²) in [7, 11) is 3.73. The highest BCUT2D eigenvalue weighted by Crippen LogP contribution is 2.29. The summed E-state index contributed by atoms with van der Waals surface area (Å²) >= 11 is 3.48. The summed E-state index contributed by atoms with van der Waals surface area (Å²) < 4.78 is 11.6. The smallest absolute Gasteiger partial charge is 0.123 e. The maximum atomic E-state index is 9.46. The Balaban J connectivity index is 2.02. The highest BCUT2D eigenvalue weighted by molar-refractivity contribution is 9.10. The van der Waals surface area contributed by atoms with E-state index in [0.717, 1.165) is 28.9 Å². The van der Waals surface area contributed by atoms with E-state index in [4.69, 9.17) is 9.47 Å². The molecule has 0 bridgehead atoms. The maximum absolute atomic E-state index is 9.46. The van der Waals surface area contributed by atoms with Crippen LogP contribution in [0.3, 0.4) is 0 Å². The molecule has 106 valence electrons. The minimum atomic E-state index is -0.0893. The lowest BCUT2D eigenvalue weighted by molar-refractivity contribution is -0.147. The summed E-state index contributed by atoms with van der Waals surface area (Å²) in [6.07, 6.45) is 0. The molecule has 0 spiro atoms. The highest BCUT2D eigenvalue weighted by atomic mass is 79.9. The molecule has 1 heterocycles. The highest BCUT2D eigenvalue weighted by Gasteiger charge is 2.38. The van der Waals surface area contributed by atoms with Gasteiger partial charge in [0.25, 0.3) is 0 Å². The minimum Gasteiger partial charge on any atom is -0.496 e. The normalized spacial score (nSPS) is 17.3. The lowest BCUT2D eigenvalue weighted by Crippen LogP contribution is -2.52. The van der Waals surface area contributed by atoms with E-state index in [-0.39, 0.29) is 12.0 Å². The van der Waals surface area contributed by atoms with Crippen molar-refractivity contribution in [1.82, 2.24) is 4.90 Å². The third-order valence-electron chi connectivity index (χ3n) is 3.44. The minimum absolute atomic E-state index is 0.0893. The summed E-state index contributed by atoms with van der Waals surface area (Å²) in [5.41, 5.74) is 1.04. The molecule has 1 saturated heterocycles. The second kappa shape index (κ2) is 6.22. The fraction of sp³-hybridized carbons (Fsp3) is 0.571. The molecule has 1 aromatic carbocycles. The van der Waals surface area contributed by atoms with Gasteiger partial charge in [0.2, 0.25) is 0 Å². The van der Waals surface area contributed by atoms with Crippen LogP contribution in [0.25, 0.3) is 0 Å². The number of benzene rings is 1. The van der Waals surface area contributed by atoms with Gasteiger partial charge < -0.3 is 19.5 Å². The van der Waals surface area contributed by atoms with Gasteiger partial charge in [0, 0.05) is 23.1 Å². The number of halogens is 1. The fourth-order valence-corrected chi connectivity index (χ4v) is 2.82. The van der Waals surface area contributed by atoms with E-state index < -0.39 is 0 Å². The molecule has 0 unspecified atom stereocenters. The molecule has 5 heteroatoms. The molecule has 0 aromatic heterocycles. The number of nitrogens with zero attached hydrogens (tertiary/aromatic N) is 1. The summed E-state index contributed by atoms with van der Waals surface area (Å²) in [5.74, 6) is 0.887. The predicted octanol–water partition coefficient (Wildman–Crippen LogP) is 1.90. The van der Waals surface area contributed by atoms with E-state index >= 15 is 0 Å². The number of rotatable bonds is 6. The van der Waals surface area contributed by atoms with Crippen LogP contribution in [0.15, 0.2) is 22.7 Å². The molecule has 0 atom stereocenters. The van der Waals surface area contributed by atoms with Crippen molar-refractivity contribution < 1.29 is 14.6 Å². The van der Waals surface area contributed by atoms with Crippen LogP contribution in [0.1, 0.15) is 5.56 Å². The van der Waals surface area contributed by atoms with Gasteiger partial charge in [-0.25, -0.2) is 0 Å². The first kappa shape index (κ1) is 14.8. The average Bonchev–Trinajstić information content (AvgIpc) is 2.34. The third-order valence-corrected chi connectivity index (χ3v) is 3.93. The summed E-state index contributed by atoms with van der Waals surface area (Å²) in [5, 5.41) is 9.46. The van der Waals surface area contributed by atoms with Gasteiger partial charge in [-0.05, 0) is 25.2 Å². The van der Waals surface area contributed by atoms with Crippen molar-refractivity contribution in [3.8, 4) is 5.75 Å². The van der Waals surface area contributed by atoms with Crippen molar-refractivity contribution in [1.29, 1.82) is 0 Å². The molecular weight excluding hydrogens is 310 g/mol. The van der Waals surface area contributed by atoms with Gasteiger partial charge in [-0.1, -0.05) is 15.9 Å². The van der Waals surface area contributed by atoms with Gasteiger partial charge in [-0.2, -0.15) is 0 Å². The molecule has 1 aliphatic heterocycles. The van der Waals surface area contributed by atoms with Crippen LogP contribution in [-0.2, 0) is 11.3 Å². The Hall–Kier alpha value is -0.620. The molecule has 1 N–H and O–H groups in total. The topological polar surface area (TPSA) is 41.9 Å². The van der Waals surface area contributed by atoms with E-state index in [1.807, 2.05) is 12.1 Å². The van der Waals surface area contributed by atoms with Crippen LogP contribution in [0.2, 0.25) is 0 Å². The van der Waals surface area contributed by atoms with Crippen LogP contribution in [0, 0.1) is 5.41 Å². The van der Waals surface area contributed by atoms with Gasteiger partial charge in [0.1, 0.15) is 5.75 Å². The van der Waals surface area contributed by atoms with Crippen molar-refractivity contribution in [2.45, 2.75) is 6.54 Å². The first-order valence-corrected chi connectivity index (χ1v) is 7.07. The Labute approximate surface area is 122 Å². The zero-order valence-electron chi connectivity index (χ0n) is 11.4. The van der Waals surface area contributed by atoms with Crippen molar-refractivity contribution >= 4 is 15.9 Å². The van der Waals surface area contributed by atoms with Crippen molar-refractivity contribution in [2.24, 2.45) is 5.41 Å². The van der Waals surface area contributed by atoms with Crippen LogP contribution in [0.4, 0.5) is 0 Å². The summed E-state index contributed by atoms with van der Waals surface area (Å²) in [6.45, 7) is 3.06. The van der Waals surface area contributed by atoms with Crippen LogP contribution in [0.5, 0.6) is 5.75 Å². The maximum Gasteiger partial charge on any atom is 0.123 e. The predicted molar refractivity (Wildman–Crippen MR) is 77.4 cm³/mol. The van der Waals surface area contributed by atoms with E-state index in [1.165, 1.54) is 0 Å². The SMILES string of the molecule is COc1ccc(Br)cc1CN(C)CC1(CO)COC1. The van der Waals surface area contributed by atoms with Crippen molar-refractivity contribution in [3.63, 3.8) is 0 Å². The number of methoxy groups -OCH3 is 1. The summed E-state index contributed by atoms with van der Waals surface area (Å²) in [4.78, 5) is 2.20. The van der Waals surface area contributed by atoms with Crippen molar-refractivity contribution in [2.75, 3.05) is 40.5 Å². The zero-order valence-corrected chi connectivity index (χ0v) is 12.9. The molecule has 1 fully saturated rings. The Kier molecular flexibility index (Phi) is 4.84. The molecule has 0 amide bonds. The van der Waals surface area contributed by atoms with E-state index in [0.29, 0.717) is 13.2 Å². The van der Waals surface area contributed by atoms with Gasteiger partial charge >= 0.3 is 0 Å². The Morgan fingerprint density at radius 2 is 2.21 bits per heavy atom. The molecule has 0 radical (unpaired) electrons. The molecule has 1 aromatic rings. The Morgan fingerprint density at radius 3 is 2.74 bits per heavy atom. The number of aliphatic hydroxyl groups excluding tert-OH is 1. The van der Waals surface area contributed by atoms with E-state index in [2.05, 4.69) is 33.9 Å². The lowest BCUT2D eigenvalue weighted by Gasteiger charge is -2.42.